The first kappa shape index (κ1) is 14.8. The minimum absolute atomic E-state index is 0.133. The van der Waals surface area contributed by atoms with Crippen molar-refractivity contribution in [2.75, 3.05) is 0 Å². The molecule has 0 amide bonds. The molecule has 4 nitrogen and oxygen atoms in total. The summed E-state index contributed by atoms with van der Waals surface area (Å²) < 4.78 is 6.25. The van der Waals surface area contributed by atoms with Crippen molar-refractivity contribution in [2.45, 2.75) is 25.6 Å². The summed E-state index contributed by atoms with van der Waals surface area (Å²) in [5.41, 5.74) is 0.852. The Balaban J connectivity index is 1.92. The number of benzene rings is 1. The number of nitriles is 1. The summed E-state index contributed by atoms with van der Waals surface area (Å²) in [4.78, 5) is 0. The van der Waals surface area contributed by atoms with Gasteiger partial charge in [0.25, 0.3) is 0 Å². The summed E-state index contributed by atoms with van der Waals surface area (Å²) in [7, 11) is 0. The van der Waals surface area contributed by atoms with E-state index in [1.165, 1.54) is 0 Å². The van der Waals surface area contributed by atoms with Gasteiger partial charge >= 0.3 is 0 Å². The highest BCUT2D eigenvalue weighted by Crippen LogP contribution is 2.20. The van der Waals surface area contributed by atoms with E-state index in [4.69, 9.17) is 9.68 Å². The molecule has 104 valence electrons. The van der Waals surface area contributed by atoms with Crippen LogP contribution >= 0.6 is 15.9 Å². The molecular weight excluding hydrogens is 320 g/mol. The lowest BCUT2D eigenvalue weighted by molar-refractivity contribution is 0.134. The van der Waals surface area contributed by atoms with Gasteiger partial charge in [-0.25, -0.2) is 0 Å². The Morgan fingerprint density at radius 1 is 1.30 bits per heavy atom. The number of aliphatic hydroxyl groups excluding tert-OH is 1. The third-order valence-electron chi connectivity index (χ3n) is 3.06. The maximum absolute atomic E-state index is 10.2. The Hall–Kier alpha value is -1.61. The summed E-state index contributed by atoms with van der Waals surface area (Å²) in [6.07, 6.45) is -0.603. The maximum atomic E-state index is 10.2. The van der Waals surface area contributed by atoms with Crippen LogP contribution in [0.15, 0.2) is 45.3 Å². The second-order valence-electron chi connectivity index (χ2n) is 4.54. The van der Waals surface area contributed by atoms with E-state index in [0.29, 0.717) is 18.1 Å². The molecule has 0 aliphatic rings. The van der Waals surface area contributed by atoms with E-state index in [0.717, 1.165) is 10.0 Å². The zero-order valence-electron chi connectivity index (χ0n) is 11.0. The topological polar surface area (TPSA) is 69.2 Å². The van der Waals surface area contributed by atoms with Gasteiger partial charge in [-0.05, 0) is 36.8 Å². The third kappa shape index (κ3) is 3.70. The smallest absolute Gasteiger partial charge is 0.203 e. The van der Waals surface area contributed by atoms with Crippen molar-refractivity contribution in [3.63, 3.8) is 0 Å². The van der Waals surface area contributed by atoms with Crippen LogP contribution in [0.3, 0.4) is 0 Å². The van der Waals surface area contributed by atoms with Crippen molar-refractivity contribution in [3.8, 4) is 6.07 Å². The number of furan rings is 1. The second kappa shape index (κ2) is 6.71. The van der Waals surface area contributed by atoms with Crippen LogP contribution in [0.5, 0.6) is 0 Å². The number of nitrogens with one attached hydrogen (secondary N) is 1. The van der Waals surface area contributed by atoms with Gasteiger partial charge in [-0.15, -0.1) is 0 Å². The fourth-order valence-corrected chi connectivity index (χ4v) is 2.12. The normalized spacial score (nSPS) is 13.7. The Morgan fingerprint density at radius 3 is 2.60 bits per heavy atom. The molecule has 0 radical (unpaired) electrons. The molecule has 2 rings (SSSR count). The van der Waals surface area contributed by atoms with Gasteiger partial charge in [-0.2, -0.15) is 5.26 Å². The molecule has 0 saturated carbocycles. The van der Waals surface area contributed by atoms with E-state index in [1.807, 2.05) is 37.3 Å². The number of halogens is 1. The third-order valence-corrected chi connectivity index (χ3v) is 3.58. The molecule has 0 aliphatic heterocycles. The second-order valence-corrected chi connectivity index (χ2v) is 5.46. The minimum Gasteiger partial charge on any atom is -0.449 e. The predicted octanol–water partition coefficient (Wildman–Crippen LogP) is 3.13. The molecule has 1 heterocycles. The van der Waals surface area contributed by atoms with Crippen LogP contribution in [0.25, 0.3) is 0 Å². The molecule has 0 spiro atoms. The van der Waals surface area contributed by atoms with Gasteiger partial charge in [0, 0.05) is 10.5 Å². The van der Waals surface area contributed by atoms with Gasteiger partial charge in [-0.1, -0.05) is 28.1 Å². The molecule has 2 atom stereocenters. The van der Waals surface area contributed by atoms with Crippen molar-refractivity contribution >= 4 is 15.9 Å². The monoisotopic (exact) mass is 334 g/mol. The Labute approximate surface area is 126 Å². The molecule has 2 aromatic rings. The quantitative estimate of drug-likeness (QED) is 0.881. The van der Waals surface area contributed by atoms with Crippen LogP contribution in [0, 0.1) is 11.3 Å². The molecule has 0 bridgehead atoms. The highest BCUT2D eigenvalue weighted by Gasteiger charge is 2.16. The summed E-state index contributed by atoms with van der Waals surface area (Å²) >= 11 is 3.37. The van der Waals surface area contributed by atoms with Crippen LogP contribution in [0.4, 0.5) is 0 Å². The summed E-state index contributed by atoms with van der Waals surface area (Å²) in [5.74, 6) is 0.972. The average Bonchev–Trinajstić information content (AvgIpc) is 2.93. The largest absolute Gasteiger partial charge is 0.449 e. The average molecular weight is 335 g/mol. The highest BCUT2D eigenvalue weighted by atomic mass is 79.9. The number of rotatable bonds is 5. The Bertz CT molecular complexity index is 601. The van der Waals surface area contributed by atoms with E-state index in [-0.39, 0.29) is 6.04 Å². The Kier molecular flexibility index (Phi) is 4.96. The van der Waals surface area contributed by atoms with Crippen molar-refractivity contribution in [1.29, 1.82) is 5.26 Å². The van der Waals surface area contributed by atoms with Crippen LogP contribution in [0.1, 0.15) is 30.1 Å². The summed E-state index contributed by atoms with van der Waals surface area (Å²) in [6, 6.07) is 12.8. The van der Waals surface area contributed by atoms with Gasteiger partial charge in [0.15, 0.2) is 0 Å². The minimum atomic E-state index is -0.603. The van der Waals surface area contributed by atoms with E-state index >= 15 is 0 Å². The SMILES string of the molecule is CC(NCc1ccc(C#N)o1)C(O)c1ccc(Br)cc1. The fraction of sp³-hybridized carbons (Fsp3) is 0.267. The van der Waals surface area contributed by atoms with Crippen molar-refractivity contribution in [2.24, 2.45) is 0 Å². The number of hydrogen-bond acceptors (Lipinski definition) is 4. The lowest BCUT2D eigenvalue weighted by atomic mass is 10.0. The standard InChI is InChI=1S/C15H15BrN2O2/c1-10(15(19)11-2-4-12(16)5-3-11)18-9-14-7-6-13(8-17)20-14/h2-7,10,15,18-19H,9H2,1H3. The van der Waals surface area contributed by atoms with Crippen molar-refractivity contribution in [3.05, 3.63) is 58.0 Å². The van der Waals surface area contributed by atoms with Gasteiger partial charge in [0.05, 0.1) is 12.6 Å². The van der Waals surface area contributed by atoms with Crippen LogP contribution in [0.2, 0.25) is 0 Å². The molecule has 0 aliphatic carbocycles. The summed E-state index contributed by atoms with van der Waals surface area (Å²) in [5, 5.41) is 22.1. The number of nitrogens with zero attached hydrogens (tertiary/aromatic N) is 1. The zero-order chi connectivity index (χ0) is 14.5. The van der Waals surface area contributed by atoms with E-state index in [1.54, 1.807) is 12.1 Å². The van der Waals surface area contributed by atoms with Crippen LogP contribution in [-0.4, -0.2) is 11.1 Å². The first-order chi connectivity index (χ1) is 9.60. The highest BCUT2D eigenvalue weighted by molar-refractivity contribution is 9.10. The molecular formula is C15H15BrN2O2. The van der Waals surface area contributed by atoms with Crippen molar-refractivity contribution < 1.29 is 9.52 Å². The molecule has 0 saturated heterocycles. The molecule has 1 aromatic carbocycles. The molecule has 0 fully saturated rings. The van der Waals surface area contributed by atoms with Gasteiger partial charge in [0.1, 0.15) is 11.8 Å². The zero-order valence-corrected chi connectivity index (χ0v) is 12.6. The van der Waals surface area contributed by atoms with Gasteiger partial charge in [0.2, 0.25) is 5.76 Å². The fourth-order valence-electron chi connectivity index (χ4n) is 1.85. The van der Waals surface area contributed by atoms with E-state index < -0.39 is 6.10 Å². The van der Waals surface area contributed by atoms with Crippen LogP contribution in [-0.2, 0) is 6.54 Å². The first-order valence-corrected chi connectivity index (χ1v) is 7.05. The molecule has 2 unspecified atom stereocenters. The number of hydrogen-bond donors (Lipinski definition) is 2. The molecule has 5 heteroatoms. The van der Waals surface area contributed by atoms with Crippen LogP contribution < -0.4 is 5.32 Å². The molecule has 1 aromatic heterocycles. The van der Waals surface area contributed by atoms with Gasteiger partial charge in [-0.3, -0.25) is 0 Å². The molecule has 2 N–H and O–H groups in total. The van der Waals surface area contributed by atoms with E-state index in [2.05, 4.69) is 21.2 Å². The van der Waals surface area contributed by atoms with Gasteiger partial charge < -0.3 is 14.8 Å². The first-order valence-electron chi connectivity index (χ1n) is 6.26. The molecule has 20 heavy (non-hydrogen) atoms. The van der Waals surface area contributed by atoms with E-state index in [9.17, 15) is 5.11 Å². The lowest BCUT2D eigenvalue weighted by Crippen LogP contribution is -2.31. The Morgan fingerprint density at radius 2 is 2.00 bits per heavy atom. The summed E-state index contributed by atoms with van der Waals surface area (Å²) in [6.45, 7) is 2.37. The lowest BCUT2D eigenvalue weighted by Gasteiger charge is -2.20. The maximum Gasteiger partial charge on any atom is 0.203 e. The van der Waals surface area contributed by atoms with Crippen molar-refractivity contribution in [1.82, 2.24) is 5.32 Å². The predicted molar refractivity (Wildman–Crippen MR) is 78.8 cm³/mol. The number of aliphatic hydroxyl groups is 1.